The van der Waals surface area contributed by atoms with Gasteiger partial charge in [0.15, 0.2) is 0 Å². The second-order valence-electron chi connectivity index (χ2n) is 6.15. The molecule has 0 aromatic heterocycles. The highest BCUT2D eigenvalue weighted by molar-refractivity contribution is 5.85. The number of hydrogen-bond donors (Lipinski definition) is 2. The van der Waals surface area contributed by atoms with Crippen molar-refractivity contribution < 1.29 is 4.79 Å². The van der Waals surface area contributed by atoms with Gasteiger partial charge in [0.05, 0.1) is 5.92 Å². The van der Waals surface area contributed by atoms with Crippen LogP contribution in [0.15, 0.2) is 30.3 Å². The highest BCUT2D eigenvalue weighted by Gasteiger charge is 2.25. The van der Waals surface area contributed by atoms with E-state index < -0.39 is 0 Å². The summed E-state index contributed by atoms with van der Waals surface area (Å²) >= 11 is 0. The van der Waals surface area contributed by atoms with Gasteiger partial charge in [-0.3, -0.25) is 4.79 Å². The Kier molecular flexibility index (Phi) is 10.7. The molecule has 0 spiro atoms. The predicted octanol–water partition coefficient (Wildman–Crippen LogP) is 2.62. The number of rotatable bonds is 6. The second-order valence-corrected chi connectivity index (χ2v) is 6.15. The van der Waals surface area contributed by atoms with Crippen molar-refractivity contribution in [2.24, 2.45) is 11.7 Å². The Balaban J connectivity index is 0. The van der Waals surface area contributed by atoms with Crippen LogP contribution in [0.1, 0.15) is 32.4 Å². The van der Waals surface area contributed by atoms with E-state index in [-0.39, 0.29) is 48.2 Å². The fourth-order valence-corrected chi connectivity index (χ4v) is 1.75. The molecule has 1 amide bonds. The molecule has 0 heterocycles. The van der Waals surface area contributed by atoms with Crippen molar-refractivity contribution in [3.63, 3.8) is 0 Å². The normalized spacial score (nSPS) is 13.6. The number of halogens is 2. The lowest BCUT2D eigenvalue weighted by Crippen LogP contribution is -2.49. The third kappa shape index (κ3) is 6.53. The zero-order valence-electron chi connectivity index (χ0n) is 14.0. The van der Waals surface area contributed by atoms with E-state index >= 15 is 0 Å². The van der Waals surface area contributed by atoms with Gasteiger partial charge in [0, 0.05) is 18.1 Å². The standard InChI is InChI=1S/C16H27N3O.2ClH/c1-12(14(17)13-9-7-6-8-10-13)15(20)18-11-16(2,3)19(4)5;;/h6-10,12,14H,11,17H2,1-5H3,(H,18,20);2*1H. The van der Waals surface area contributed by atoms with Crippen molar-refractivity contribution in [2.45, 2.75) is 32.4 Å². The van der Waals surface area contributed by atoms with Gasteiger partial charge in [0.1, 0.15) is 0 Å². The summed E-state index contributed by atoms with van der Waals surface area (Å²) in [6.45, 7) is 6.66. The van der Waals surface area contributed by atoms with E-state index in [1.807, 2.05) is 51.4 Å². The van der Waals surface area contributed by atoms with Crippen LogP contribution in [0.4, 0.5) is 0 Å². The summed E-state index contributed by atoms with van der Waals surface area (Å²) in [5.41, 5.74) is 7.08. The van der Waals surface area contributed by atoms with Gasteiger partial charge in [-0.1, -0.05) is 37.3 Å². The number of carbonyl (C=O) groups excluding carboxylic acids is 1. The van der Waals surface area contributed by atoms with E-state index in [2.05, 4.69) is 24.1 Å². The van der Waals surface area contributed by atoms with Crippen molar-refractivity contribution in [3.8, 4) is 0 Å². The Bertz CT molecular complexity index is 438. The summed E-state index contributed by atoms with van der Waals surface area (Å²) in [5, 5.41) is 2.99. The van der Waals surface area contributed by atoms with E-state index in [1.165, 1.54) is 0 Å². The van der Waals surface area contributed by atoms with Crippen LogP contribution in [0.25, 0.3) is 0 Å². The Morgan fingerprint density at radius 2 is 1.73 bits per heavy atom. The molecular weight excluding hydrogens is 321 g/mol. The number of likely N-dealkylation sites (N-methyl/N-ethyl adjacent to an activating group) is 1. The smallest absolute Gasteiger partial charge is 0.224 e. The lowest BCUT2D eigenvalue weighted by atomic mass is 9.94. The SMILES string of the molecule is CC(C(=O)NCC(C)(C)N(C)C)C(N)c1ccccc1.Cl.Cl. The Morgan fingerprint density at radius 3 is 2.18 bits per heavy atom. The van der Waals surface area contributed by atoms with E-state index in [1.54, 1.807) is 0 Å². The molecule has 1 aromatic rings. The first-order valence-electron chi connectivity index (χ1n) is 7.01. The number of nitrogens with zero attached hydrogens (tertiary/aromatic N) is 1. The van der Waals surface area contributed by atoms with Gasteiger partial charge in [0.25, 0.3) is 0 Å². The Labute approximate surface area is 146 Å². The molecule has 0 saturated carbocycles. The van der Waals surface area contributed by atoms with Crippen LogP contribution >= 0.6 is 24.8 Å². The maximum atomic E-state index is 12.2. The van der Waals surface area contributed by atoms with Crippen molar-refractivity contribution in [1.82, 2.24) is 10.2 Å². The van der Waals surface area contributed by atoms with Crippen LogP contribution in [-0.2, 0) is 4.79 Å². The minimum Gasteiger partial charge on any atom is -0.354 e. The van der Waals surface area contributed by atoms with E-state index in [9.17, 15) is 4.79 Å². The maximum Gasteiger partial charge on any atom is 0.224 e. The van der Waals surface area contributed by atoms with Crippen molar-refractivity contribution >= 4 is 30.7 Å². The van der Waals surface area contributed by atoms with Gasteiger partial charge in [-0.15, -0.1) is 24.8 Å². The summed E-state index contributed by atoms with van der Waals surface area (Å²) in [6.07, 6.45) is 0. The summed E-state index contributed by atoms with van der Waals surface area (Å²) in [7, 11) is 4.01. The Hall–Kier alpha value is -0.810. The molecular formula is C16H29Cl2N3O. The summed E-state index contributed by atoms with van der Waals surface area (Å²) in [5.74, 6) is -0.258. The van der Waals surface area contributed by atoms with Crippen LogP contribution in [0.2, 0.25) is 0 Å². The first-order chi connectivity index (χ1) is 9.25. The lowest BCUT2D eigenvalue weighted by molar-refractivity contribution is -0.125. The van der Waals surface area contributed by atoms with E-state index in [0.717, 1.165) is 5.56 Å². The van der Waals surface area contributed by atoms with Crippen molar-refractivity contribution in [2.75, 3.05) is 20.6 Å². The monoisotopic (exact) mass is 349 g/mol. The molecule has 0 aliphatic rings. The Morgan fingerprint density at radius 1 is 1.23 bits per heavy atom. The quantitative estimate of drug-likeness (QED) is 0.829. The third-order valence-corrected chi connectivity index (χ3v) is 4.04. The van der Waals surface area contributed by atoms with Gasteiger partial charge >= 0.3 is 0 Å². The summed E-state index contributed by atoms with van der Waals surface area (Å²) in [4.78, 5) is 14.3. The lowest BCUT2D eigenvalue weighted by Gasteiger charge is -2.33. The topological polar surface area (TPSA) is 58.4 Å². The van der Waals surface area contributed by atoms with Gasteiger partial charge < -0.3 is 16.0 Å². The minimum absolute atomic E-state index is 0. The highest BCUT2D eigenvalue weighted by Crippen LogP contribution is 2.19. The zero-order chi connectivity index (χ0) is 15.3. The van der Waals surface area contributed by atoms with Crippen molar-refractivity contribution in [3.05, 3.63) is 35.9 Å². The number of hydrogen-bond acceptors (Lipinski definition) is 3. The molecule has 2 atom stereocenters. The van der Waals surface area contributed by atoms with E-state index in [4.69, 9.17) is 5.73 Å². The molecule has 3 N–H and O–H groups in total. The molecule has 0 aliphatic heterocycles. The fourth-order valence-electron chi connectivity index (χ4n) is 1.75. The van der Waals surface area contributed by atoms with E-state index in [0.29, 0.717) is 6.54 Å². The zero-order valence-corrected chi connectivity index (χ0v) is 15.6. The number of carbonyl (C=O) groups is 1. The van der Waals surface area contributed by atoms with Gasteiger partial charge in [0.2, 0.25) is 5.91 Å². The van der Waals surface area contributed by atoms with Gasteiger partial charge in [-0.25, -0.2) is 0 Å². The highest BCUT2D eigenvalue weighted by atomic mass is 35.5. The number of nitrogens with one attached hydrogen (secondary N) is 1. The molecule has 0 radical (unpaired) electrons. The molecule has 0 fully saturated rings. The van der Waals surface area contributed by atoms with Crippen LogP contribution in [0, 0.1) is 5.92 Å². The van der Waals surface area contributed by atoms with Crippen LogP contribution in [0.3, 0.4) is 0 Å². The maximum absolute atomic E-state index is 12.2. The number of benzene rings is 1. The fraction of sp³-hybridized carbons (Fsp3) is 0.562. The minimum atomic E-state index is -0.279. The largest absolute Gasteiger partial charge is 0.354 e. The summed E-state index contributed by atoms with van der Waals surface area (Å²) < 4.78 is 0. The molecule has 1 aromatic carbocycles. The molecule has 0 saturated heterocycles. The average Bonchev–Trinajstić information content (AvgIpc) is 2.44. The molecule has 6 heteroatoms. The molecule has 4 nitrogen and oxygen atoms in total. The molecule has 128 valence electrons. The van der Waals surface area contributed by atoms with Gasteiger partial charge in [-0.2, -0.15) is 0 Å². The number of amides is 1. The van der Waals surface area contributed by atoms with Crippen LogP contribution in [0.5, 0.6) is 0 Å². The first-order valence-corrected chi connectivity index (χ1v) is 7.01. The predicted molar refractivity (Wildman–Crippen MR) is 97.8 cm³/mol. The number of nitrogens with two attached hydrogens (primary N) is 1. The van der Waals surface area contributed by atoms with Crippen molar-refractivity contribution in [1.29, 1.82) is 0 Å². The first kappa shape index (κ1) is 23.5. The van der Waals surface area contributed by atoms with Crippen LogP contribution < -0.4 is 11.1 Å². The van der Waals surface area contributed by atoms with Gasteiger partial charge in [-0.05, 0) is 33.5 Å². The second kappa shape index (κ2) is 10.1. The molecule has 2 unspecified atom stereocenters. The molecule has 1 rings (SSSR count). The molecule has 0 aliphatic carbocycles. The third-order valence-electron chi connectivity index (χ3n) is 4.04. The molecule has 22 heavy (non-hydrogen) atoms. The summed E-state index contributed by atoms with van der Waals surface area (Å²) in [6, 6.07) is 9.46. The average molecular weight is 350 g/mol. The molecule has 0 bridgehead atoms. The van der Waals surface area contributed by atoms with Crippen LogP contribution in [-0.4, -0.2) is 37.0 Å².